The highest BCUT2D eigenvalue weighted by Gasteiger charge is 2.66. The molecule has 2 saturated carbocycles. The number of hydrogen-bond donors (Lipinski definition) is 1. The van der Waals surface area contributed by atoms with Gasteiger partial charge in [-0.05, 0) is 29.1 Å². The zero-order chi connectivity index (χ0) is 11.3. The van der Waals surface area contributed by atoms with Crippen LogP contribution in [0.4, 0.5) is 0 Å². The van der Waals surface area contributed by atoms with E-state index in [9.17, 15) is 0 Å². The Morgan fingerprint density at radius 3 is 1.93 bits per heavy atom. The lowest BCUT2D eigenvalue weighted by molar-refractivity contribution is 0.376. The van der Waals surface area contributed by atoms with E-state index in [1.54, 1.807) is 0 Å². The summed E-state index contributed by atoms with van der Waals surface area (Å²) in [6.45, 7) is 9.52. The molecule has 0 aromatic heterocycles. The Balaban J connectivity index is 1.90. The lowest BCUT2D eigenvalue weighted by atomic mass is 9.93. The summed E-state index contributed by atoms with van der Waals surface area (Å²) in [5.41, 5.74) is 7.34. The van der Waals surface area contributed by atoms with Crippen LogP contribution in [-0.4, -0.2) is 6.04 Å². The normalized spacial score (nSPS) is 31.8. The van der Waals surface area contributed by atoms with E-state index in [4.69, 9.17) is 5.73 Å². The van der Waals surface area contributed by atoms with Crippen molar-refractivity contribution in [3.05, 3.63) is 0 Å². The van der Waals surface area contributed by atoms with Crippen LogP contribution in [0.2, 0.25) is 0 Å². The van der Waals surface area contributed by atoms with Crippen molar-refractivity contribution in [2.45, 2.75) is 65.8 Å². The molecular formula is C14H27N. The van der Waals surface area contributed by atoms with Crippen LogP contribution in [-0.2, 0) is 0 Å². The van der Waals surface area contributed by atoms with Crippen molar-refractivity contribution in [2.24, 2.45) is 28.4 Å². The Labute approximate surface area is 94.8 Å². The maximum atomic E-state index is 6.41. The van der Waals surface area contributed by atoms with Gasteiger partial charge in [0.25, 0.3) is 0 Å². The van der Waals surface area contributed by atoms with Crippen molar-refractivity contribution < 1.29 is 0 Å². The van der Waals surface area contributed by atoms with Gasteiger partial charge < -0.3 is 5.73 Å². The van der Waals surface area contributed by atoms with Gasteiger partial charge in [-0.1, -0.05) is 53.4 Å². The Hall–Kier alpha value is -0.0400. The van der Waals surface area contributed by atoms with Crippen molar-refractivity contribution in [1.82, 2.24) is 0 Å². The number of hydrogen-bond acceptors (Lipinski definition) is 1. The Kier molecular flexibility index (Phi) is 2.65. The summed E-state index contributed by atoms with van der Waals surface area (Å²) in [5, 5.41) is 0. The van der Waals surface area contributed by atoms with E-state index in [-0.39, 0.29) is 0 Å². The third-order valence-electron chi connectivity index (χ3n) is 5.64. The average molecular weight is 209 g/mol. The van der Waals surface area contributed by atoms with E-state index in [1.165, 1.54) is 32.1 Å². The van der Waals surface area contributed by atoms with Gasteiger partial charge in [-0.3, -0.25) is 0 Å². The molecule has 1 heteroatoms. The van der Waals surface area contributed by atoms with Gasteiger partial charge in [0.05, 0.1) is 0 Å². The molecule has 1 atom stereocenters. The molecule has 1 nitrogen and oxygen atoms in total. The predicted octanol–water partition coefficient (Wildman–Crippen LogP) is 3.58. The van der Waals surface area contributed by atoms with Crippen LogP contribution in [0, 0.1) is 22.7 Å². The molecule has 2 aliphatic carbocycles. The van der Waals surface area contributed by atoms with Crippen molar-refractivity contribution in [3.8, 4) is 0 Å². The zero-order valence-corrected chi connectivity index (χ0v) is 10.8. The van der Waals surface area contributed by atoms with Gasteiger partial charge in [0.2, 0.25) is 0 Å². The van der Waals surface area contributed by atoms with Crippen molar-refractivity contribution >= 4 is 0 Å². The molecule has 0 aromatic rings. The first-order chi connectivity index (χ1) is 6.87. The Morgan fingerprint density at radius 2 is 1.53 bits per heavy atom. The topological polar surface area (TPSA) is 26.0 Å². The molecule has 88 valence electrons. The van der Waals surface area contributed by atoms with Crippen LogP contribution >= 0.6 is 0 Å². The molecule has 2 aliphatic rings. The van der Waals surface area contributed by atoms with E-state index in [1.807, 2.05) is 0 Å². The molecule has 2 N–H and O–H groups in total. The van der Waals surface area contributed by atoms with Gasteiger partial charge in [-0.25, -0.2) is 0 Å². The number of rotatable bonds is 3. The van der Waals surface area contributed by atoms with Crippen LogP contribution in [0.1, 0.15) is 59.8 Å². The molecule has 0 aromatic carbocycles. The van der Waals surface area contributed by atoms with Gasteiger partial charge in [0.1, 0.15) is 0 Å². The van der Waals surface area contributed by atoms with Gasteiger partial charge >= 0.3 is 0 Å². The summed E-state index contributed by atoms with van der Waals surface area (Å²) in [5.74, 6) is 1.68. The SMILES string of the molecule is CC1(C)C(C(N)CC2CCCC2)C1(C)C. The zero-order valence-electron chi connectivity index (χ0n) is 10.8. The van der Waals surface area contributed by atoms with E-state index >= 15 is 0 Å². The maximum absolute atomic E-state index is 6.41. The summed E-state index contributed by atoms with van der Waals surface area (Å²) in [6.07, 6.45) is 7.02. The first-order valence-corrected chi connectivity index (χ1v) is 6.63. The van der Waals surface area contributed by atoms with Gasteiger partial charge in [0, 0.05) is 6.04 Å². The van der Waals surface area contributed by atoms with Crippen LogP contribution in [0.15, 0.2) is 0 Å². The molecule has 0 amide bonds. The molecule has 0 saturated heterocycles. The summed E-state index contributed by atoms with van der Waals surface area (Å²) in [4.78, 5) is 0. The summed E-state index contributed by atoms with van der Waals surface area (Å²) >= 11 is 0. The highest BCUT2D eigenvalue weighted by atomic mass is 14.8. The molecule has 2 rings (SSSR count). The van der Waals surface area contributed by atoms with Crippen LogP contribution in [0.25, 0.3) is 0 Å². The minimum atomic E-state index is 0.443. The quantitative estimate of drug-likeness (QED) is 0.755. The highest BCUT2D eigenvalue weighted by Crippen LogP contribution is 2.69. The minimum absolute atomic E-state index is 0.443. The molecule has 0 heterocycles. The molecule has 15 heavy (non-hydrogen) atoms. The van der Waals surface area contributed by atoms with Gasteiger partial charge in [-0.2, -0.15) is 0 Å². The Bertz CT molecular complexity index is 222. The third kappa shape index (κ3) is 1.73. The summed E-state index contributed by atoms with van der Waals surface area (Å²) < 4.78 is 0. The summed E-state index contributed by atoms with van der Waals surface area (Å²) in [6, 6.07) is 0.443. The molecular weight excluding hydrogens is 182 g/mol. The number of nitrogens with two attached hydrogens (primary N) is 1. The molecule has 0 bridgehead atoms. The standard InChI is InChI=1S/C14H27N/c1-13(2)12(14(13,3)4)11(15)9-10-7-5-6-8-10/h10-12H,5-9,15H2,1-4H3. The van der Waals surface area contributed by atoms with Crippen LogP contribution < -0.4 is 5.73 Å². The second kappa shape index (κ2) is 3.48. The van der Waals surface area contributed by atoms with E-state index in [0.29, 0.717) is 16.9 Å². The second-order valence-electron chi connectivity index (χ2n) is 6.97. The monoisotopic (exact) mass is 209 g/mol. The molecule has 0 radical (unpaired) electrons. The predicted molar refractivity (Wildman–Crippen MR) is 65.6 cm³/mol. The smallest absolute Gasteiger partial charge is 0.00804 e. The highest BCUT2D eigenvalue weighted by molar-refractivity contribution is 5.15. The minimum Gasteiger partial charge on any atom is -0.327 e. The van der Waals surface area contributed by atoms with E-state index in [2.05, 4.69) is 27.7 Å². The lowest BCUT2D eigenvalue weighted by Crippen LogP contribution is -2.28. The molecule has 2 fully saturated rings. The van der Waals surface area contributed by atoms with Crippen LogP contribution in [0.5, 0.6) is 0 Å². The summed E-state index contributed by atoms with van der Waals surface area (Å²) in [7, 11) is 0. The first kappa shape index (κ1) is 11.4. The van der Waals surface area contributed by atoms with E-state index < -0.39 is 0 Å². The van der Waals surface area contributed by atoms with Gasteiger partial charge in [-0.15, -0.1) is 0 Å². The van der Waals surface area contributed by atoms with Gasteiger partial charge in [0.15, 0.2) is 0 Å². The Morgan fingerprint density at radius 1 is 1.07 bits per heavy atom. The second-order valence-corrected chi connectivity index (χ2v) is 6.97. The third-order valence-corrected chi connectivity index (χ3v) is 5.64. The first-order valence-electron chi connectivity index (χ1n) is 6.63. The lowest BCUT2D eigenvalue weighted by Gasteiger charge is -2.18. The fourth-order valence-electron chi connectivity index (χ4n) is 4.08. The van der Waals surface area contributed by atoms with Crippen LogP contribution in [0.3, 0.4) is 0 Å². The fraction of sp³-hybridized carbons (Fsp3) is 1.00. The molecule has 1 unspecified atom stereocenters. The largest absolute Gasteiger partial charge is 0.327 e. The van der Waals surface area contributed by atoms with Crippen molar-refractivity contribution in [2.75, 3.05) is 0 Å². The fourth-order valence-corrected chi connectivity index (χ4v) is 4.08. The van der Waals surface area contributed by atoms with E-state index in [0.717, 1.165) is 11.8 Å². The maximum Gasteiger partial charge on any atom is 0.00804 e. The molecule has 0 aliphatic heterocycles. The average Bonchev–Trinajstić information content (AvgIpc) is 2.53. The van der Waals surface area contributed by atoms with Crippen molar-refractivity contribution in [1.29, 1.82) is 0 Å². The van der Waals surface area contributed by atoms with Crippen molar-refractivity contribution in [3.63, 3.8) is 0 Å². The molecule has 0 spiro atoms.